The number of pyridine rings is 1. The highest BCUT2D eigenvalue weighted by molar-refractivity contribution is 9.10. The molecule has 1 atom stereocenters. The van der Waals surface area contributed by atoms with Crippen LogP contribution in [0.2, 0.25) is 0 Å². The Morgan fingerprint density at radius 1 is 1.20 bits per heavy atom. The standard InChI is InChI=1S/C15H15BrF2N2/c1-2-20-15(6-10-5-12(16)9-19-8-10)11-3-4-13(17)14(18)7-11/h3-5,7-9,15,20H,2,6H2,1H3. The number of hydrogen-bond acceptors (Lipinski definition) is 2. The molecular weight excluding hydrogens is 326 g/mol. The molecular formula is C15H15BrF2N2. The Morgan fingerprint density at radius 2 is 2.00 bits per heavy atom. The molecule has 0 radical (unpaired) electrons. The monoisotopic (exact) mass is 340 g/mol. The average molecular weight is 341 g/mol. The lowest BCUT2D eigenvalue weighted by Crippen LogP contribution is -2.23. The van der Waals surface area contributed by atoms with Gasteiger partial charge in [-0.25, -0.2) is 8.78 Å². The SMILES string of the molecule is CCNC(Cc1cncc(Br)c1)c1ccc(F)c(F)c1. The molecule has 1 aromatic carbocycles. The van der Waals surface area contributed by atoms with Crippen molar-refractivity contribution in [1.82, 2.24) is 10.3 Å². The number of nitrogens with one attached hydrogen (secondary N) is 1. The molecule has 2 rings (SSSR count). The van der Waals surface area contributed by atoms with Gasteiger partial charge >= 0.3 is 0 Å². The second-order valence-electron chi connectivity index (χ2n) is 4.50. The van der Waals surface area contributed by atoms with Crippen molar-refractivity contribution >= 4 is 15.9 Å². The molecule has 0 spiro atoms. The molecule has 1 unspecified atom stereocenters. The summed E-state index contributed by atoms with van der Waals surface area (Å²) in [5, 5.41) is 3.28. The van der Waals surface area contributed by atoms with Crippen LogP contribution in [-0.4, -0.2) is 11.5 Å². The number of rotatable bonds is 5. The summed E-state index contributed by atoms with van der Waals surface area (Å²) in [6.07, 6.45) is 4.14. The summed E-state index contributed by atoms with van der Waals surface area (Å²) in [6.45, 7) is 2.72. The van der Waals surface area contributed by atoms with Gasteiger partial charge in [0.05, 0.1) is 0 Å². The molecule has 2 nitrogen and oxygen atoms in total. The first-order valence-corrected chi connectivity index (χ1v) is 7.17. The molecule has 20 heavy (non-hydrogen) atoms. The summed E-state index contributed by atoms with van der Waals surface area (Å²) in [7, 11) is 0. The summed E-state index contributed by atoms with van der Waals surface area (Å²) in [5.74, 6) is -1.65. The third-order valence-electron chi connectivity index (χ3n) is 3.00. The molecule has 0 aliphatic rings. The zero-order chi connectivity index (χ0) is 14.5. The molecule has 0 saturated carbocycles. The van der Waals surface area contributed by atoms with Gasteiger partial charge in [-0.1, -0.05) is 13.0 Å². The Labute approximate surface area is 125 Å². The van der Waals surface area contributed by atoms with Crippen LogP contribution in [0.5, 0.6) is 0 Å². The van der Waals surface area contributed by atoms with Crippen molar-refractivity contribution < 1.29 is 8.78 Å². The van der Waals surface area contributed by atoms with E-state index in [1.165, 1.54) is 6.07 Å². The first kappa shape index (κ1) is 15.1. The number of aromatic nitrogens is 1. The fourth-order valence-electron chi connectivity index (χ4n) is 2.09. The minimum absolute atomic E-state index is 0.0776. The molecule has 1 N–H and O–H groups in total. The van der Waals surface area contributed by atoms with Gasteiger partial charge < -0.3 is 5.32 Å². The lowest BCUT2D eigenvalue weighted by molar-refractivity contribution is 0.497. The minimum atomic E-state index is -0.826. The molecule has 0 aliphatic carbocycles. The molecule has 2 aromatic rings. The van der Waals surface area contributed by atoms with E-state index in [2.05, 4.69) is 26.2 Å². The normalized spacial score (nSPS) is 12.4. The molecule has 0 saturated heterocycles. The number of hydrogen-bond donors (Lipinski definition) is 1. The van der Waals surface area contributed by atoms with Gasteiger partial charge in [-0.05, 0) is 58.2 Å². The molecule has 0 aliphatic heterocycles. The zero-order valence-corrected chi connectivity index (χ0v) is 12.6. The van der Waals surface area contributed by atoms with Gasteiger partial charge in [-0.2, -0.15) is 0 Å². The van der Waals surface area contributed by atoms with E-state index in [9.17, 15) is 8.78 Å². The highest BCUT2D eigenvalue weighted by atomic mass is 79.9. The third-order valence-corrected chi connectivity index (χ3v) is 3.43. The van der Waals surface area contributed by atoms with Gasteiger partial charge in [0.1, 0.15) is 0 Å². The van der Waals surface area contributed by atoms with E-state index < -0.39 is 11.6 Å². The maximum Gasteiger partial charge on any atom is 0.159 e. The number of nitrogens with zero attached hydrogens (tertiary/aromatic N) is 1. The summed E-state index contributed by atoms with van der Waals surface area (Å²) >= 11 is 3.38. The maximum atomic E-state index is 13.4. The first-order chi connectivity index (χ1) is 9.60. The Morgan fingerprint density at radius 3 is 2.65 bits per heavy atom. The van der Waals surface area contributed by atoms with Gasteiger partial charge in [-0.15, -0.1) is 0 Å². The fourth-order valence-corrected chi connectivity index (χ4v) is 2.50. The lowest BCUT2D eigenvalue weighted by atomic mass is 9.99. The van der Waals surface area contributed by atoms with Crippen LogP contribution in [0.1, 0.15) is 24.1 Å². The van der Waals surface area contributed by atoms with Crippen LogP contribution in [0, 0.1) is 11.6 Å². The molecule has 1 aromatic heterocycles. The van der Waals surface area contributed by atoms with Gasteiger partial charge in [0.2, 0.25) is 0 Å². The van der Waals surface area contributed by atoms with Crippen molar-refractivity contribution in [3.8, 4) is 0 Å². The van der Waals surface area contributed by atoms with Crippen LogP contribution in [0.4, 0.5) is 8.78 Å². The van der Waals surface area contributed by atoms with Crippen molar-refractivity contribution in [1.29, 1.82) is 0 Å². The molecule has 1 heterocycles. The summed E-state index contributed by atoms with van der Waals surface area (Å²) in [6, 6.07) is 5.91. The van der Waals surface area contributed by atoms with Crippen LogP contribution in [-0.2, 0) is 6.42 Å². The number of benzene rings is 1. The van der Waals surface area contributed by atoms with E-state index >= 15 is 0 Å². The van der Waals surface area contributed by atoms with E-state index in [1.807, 2.05) is 13.0 Å². The molecule has 0 bridgehead atoms. The van der Waals surface area contributed by atoms with E-state index in [4.69, 9.17) is 0 Å². The summed E-state index contributed by atoms with van der Waals surface area (Å²) in [5.41, 5.74) is 1.75. The van der Waals surface area contributed by atoms with Gasteiger partial charge in [0.15, 0.2) is 11.6 Å². The van der Waals surface area contributed by atoms with E-state index in [-0.39, 0.29) is 6.04 Å². The quantitative estimate of drug-likeness (QED) is 0.889. The van der Waals surface area contributed by atoms with Crippen LogP contribution in [0.15, 0.2) is 41.1 Å². The maximum absolute atomic E-state index is 13.4. The molecule has 0 fully saturated rings. The van der Waals surface area contributed by atoms with Crippen molar-refractivity contribution in [2.75, 3.05) is 6.54 Å². The minimum Gasteiger partial charge on any atom is -0.310 e. The van der Waals surface area contributed by atoms with Crippen molar-refractivity contribution in [2.45, 2.75) is 19.4 Å². The van der Waals surface area contributed by atoms with Crippen molar-refractivity contribution in [3.63, 3.8) is 0 Å². The van der Waals surface area contributed by atoms with E-state index in [0.717, 1.165) is 28.2 Å². The molecule has 106 valence electrons. The Hall–Kier alpha value is -1.33. The van der Waals surface area contributed by atoms with E-state index in [0.29, 0.717) is 6.42 Å². The second kappa shape index (κ2) is 6.90. The predicted octanol–water partition coefficient (Wildman–Crippen LogP) is 4.02. The lowest BCUT2D eigenvalue weighted by Gasteiger charge is -2.18. The van der Waals surface area contributed by atoms with Crippen LogP contribution in [0.3, 0.4) is 0 Å². The largest absolute Gasteiger partial charge is 0.310 e. The van der Waals surface area contributed by atoms with Crippen molar-refractivity contribution in [3.05, 3.63) is 63.9 Å². The van der Waals surface area contributed by atoms with Gasteiger partial charge in [0.25, 0.3) is 0 Å². The fraction of sp³-hybridized carbons (Fsp3) is 0.267. The van der Waals surface area contributed by atoms with Gasteiger partial charge in [-0.3, -0.25) is 4.98 Å². The van der Waals surface area contributed by atoms with Crippen LogP contribution >= 0.6 is 15.9 Å². The topological polar surface area (TPSA) is 24.9 Å². The second-order valence-corrected chi connectivity index (χ2v) is 5.42. The van der Waals surface area contributed by atoms with Crippen molar-refractivity contribution in [2.24, 2.45) is 0 Å². The summed E-state index contributed by atoms with van der Waals surface area (Å²) in [4.78, 5) is 4.11. The zero-order valence-electron chi connectivity index (χ0n) is 11.0. The molecule has 0 amide bonds. The Bertz CT molecular complexity index is 590. The summed E-state index contributed by atoms with van der Waals surface area (Å²) < 4.78 is 27.3. The highest BCUT2D eigenvalue weighted by Gasteiger charge is 2.14. The predicted molar refractivity (Wildman–Crippen MR) is 78.4 cm³/mol. The number of halogens is 3. The third kappa shape index (κ3) is 3.84. The van der Waals surface area contributed by atoms with Crippen LogP contribution < -0.4 is 5.32 Å². The average Bonchev–Trinajstić information content (AvgIpc) is 2.41. The highest BCUT2D eigenvalue weighted by Crippen LogP contribution is 2.21. The van der Waals surface area contributed by atoms with E-state index in [1.54, 1.807) is 18.5 Å². The smallest absolute Gasteiger partial charge is 0.159 e. The van der Waals surface area contributed by atoms with Crippen LogP contribution in [0.25, 0.3) is 0 Å². The molecule has 5 heteroatoms. The van der Waals surface area contributed by atoms with Gasteiger partial charge in [0, 0.05) is 22.9 Å². The first-order valence-electron chi connectivity index (χ1n) is 6.38. The Balaban J connectivity index is 2.24. The Kier molecular flexibility index (Phi) is 5.20. The number of likely N-dealkylation sites (N-methyl/N-ethyl adjacent to an activating group) is 1.